The van der Waals surface area contributed by atoms with Crippen LogP contribution in [0.3, 0.4) is 0 Å². The Bertz CT molecular complexity index is 574. The molecular weight excluding hydrogens is 270 g/mol. The third-order valence-corrected chi connectivity index (χ3v) is 3.94. The SMILES string of the molecule is CC(C)(C)c1ccc(N2CCCC2C(=O)O)c(C(=O)O)c1. The molecule has 1 aliphatic heterocycles. The molecule has 5 heteroatoms. The van der Waals surface area contributed by atoms with Crippen molar-refractivity contribution < 1.29 is 19.8 Å². The van der Waals surface area contributed by atoms with Gasteiger partial charge in [0.25, 0.3) is 0 Å². The van der Waals surface area contributed by atoms with E-state index in [2.05, 4.69) is 0 Å². The number of rotatable bonds is 3. The first kappa shape index (κ1) is 15.4. The predicted molar refractivity (Wildman–Crippen MR) is 80.1 cm³/mol. The van der Waals surface area contributed by atoms with Gasteiger partial charge in [-0.1, -0.05) is 26.8 Å². The average Bonchev–Trinajstić information content (AvgIpc) is 2.85. The molecule has 114 valence electrons. The predicted octanol–water partition coefficient (Wildman–Crippen LogP) is 2.74. The van der Waals surface area contributed by atoms with E-state index in [0.29, 0.717) is 18.7 Å². The molecule has 0 aromatic heterocycles. The lowest BCUT2D eigenvalue weighted by Gasteiger charge is -2.27. The van der Waals surface area contributed by atoms with Gasteiger partial charge >= 0.3 is 11.9 Å². The van der Waals surface area contributed by atoms with E-state index in [1.807, 2.05) is 26.8 Å². The molecule has 21 heavy (non-hydrogen) atoms. The first-order chi connectivity index (χ1) is 9.71. The normalized spacial score (nSPS) is 18.8. The van der Waals surface area contributed by atoms with Gasteiger partial charge in [0.15, 0.2) is 0 Å². The van der Waals surface area contributed by atoms with E-state index in [9.17, 15) is 19.8 Å². The highest BCUT2D eigenvalue weighted by Crippen LogP contribution is 2.32. The number of hydrogen-bond donors (Lipinski definition) is 2. The number of anilines is 1. The maximum Gasteiger partial charge on any atom is 0.337 e. The van der Waals surface area contributed by atoms with E-state index >= 15 is 0 Å². The van der Waals surface area contributed by atoms with E-state index < -0.39 is 18.0 Å². The highest BCUT2D eigenvalue weighted by Gasteiger charge is 2.33. The van der Waals surface area contributed by atoms with Crippen LogP contribution in [0.4, 0.5) is 5.69 Å². The smallest absolute Gasteiger partial charge is 0.337 e. The van der Waals surface area contributed by atoms with Gasteiger partial charge in [-0.25, -0.2) is 9.59 Å². The van der Waals surface area contributed by atoms with E-state index in [4.69, 9.17) is 0 Å². The molecule has 1 aliphatic rings. The van der Waals surface area contributed by atoms with Crippen LogP contribution in [-0.2, 0) is 10.2 Å². The molecule has 1 aromatic rings. The average molecular weight is 291 g/mol. The lowest BCUT2D eigenvalue weighted by Crippen LogP contribution is -2.36. The summed E-state index contributed by atoms with van der Waals surface area (Å²) in [7, 11) is 0. The van der Waals surface area contributed by atoms with Crippen molar-refractivity contribution in [2.75, 3.05) is 11.4 Å². The van der Waals surface area contributed by atoms with Gasteiger partial charge in [0.1, 0.15) is 6.04 Å². The summed E-state index contributed by atoms with van der Waals surface area (Å²) in [5.74, 6) is -1.92. The molecule has 1 fully saturated rings. The zero-order chi connectivity index (χ0) is 15.8. The fourth-order valence-corrected chi connectivity index (χ4v) is 2.74. The zero-order valence-electron chi connectivity index (χ0n) is 12.6. The Morgan fingerprint density at radius 1 is 1.24 bits per heavy atom. The summed E-state index contributed by atoms with van der Waals surface area (Å²) in [6.45, 7) is 6.63. The van der Waals surface area contributed by atoms with Crippen LogP contribution in [0.5, 0.6) is 0 Å². The van der Waals surface area contributed by atoms with Crippen molar-refractivity contribution in [2.24, 2.45) is 0 Å². The lowest BCUT2D eigenvalue weighted by molar-refractivity contribution is -0.138. The Morgan fingerprint density at radius 2 is 1.90 bits per heavy atom. The molecule has 0 radical (unpaired) electrons. The summed E-state index contributed by atoms with van der Waals surface area (Å²) in [6.07, 6.45) is 1.31. The van der Waals surface area contributed by atoms with E-state index in [-0.39, 0.29) is 11.0 Å². The van der Waals surface area contributed by atoms with Crippen LogP contribution in [0.25, 0.3) is 0 Å². The van der Waals surface area contributed by atoms with Crippen LogP contribution in [0, 0.1) is 0 Å². The highest BCUT2D eigenvalue weighted by molar-refractivity contribution is 5.96. The summed E-state index contributed by atoms with van der Waals surface area (Å²) < 4.78 is 0. The monoisotopic (exact) mass is 291 g/mol. The molecule has 1 heterocycles. The van der Waals surface area contributed by atoms with Gasteiger partial charge < -0.3 is 15.1 Å². The number of hydrogen-bond acceptors (Lipinski definition) is 3. The van der Waals surface area contributed by atoms with Crippen molar-refractivity contribution in [2.45, 2.75) is 45.1 Å². The molecule has 5 nitrogen and oxygen atoms in total. The van der Waals surface area contributed by atoms with Crippen molar-refractivity contribution in [1.82, 2.24) is 0 Å². The first-order valence-electron chi connectivity index (χ1n) is 7.09. The fourth-order valence-electron chi connectivity index (χ4n) is 2.74. The topological polar surface area (TPSA) is 77.8 Å². The summed E-state index contributed by atoms with van der Waals surface area (Å²) in [5, 5.41) is 18.7. The molecule has 2 N–H and O–H groups in total. The Morgan fingerprint density at radius 3 is 2.43 bits per heavy atom. The zero-order valence-corrected chi connectivity index (χ0v) is 12.6. The fraction of sp³-hybridized carbons (Fsp3) is 0.500. The number of carboxylic acids is 2. The molecule has 1 aromatic carbocycles. The van der Waals surface area contributed by atoms with Crippen molar-refractivity contribution in [1.29, 1.82) is 0 Å². The summed E-state index contributed by atoms with van der Waals surface area (Å²) in [6, 6.07) is 4.66. The van der Waals surface area contributed by atoms with Crippen molar-refractivity contribution in [3.05, 3.63) is 29.3 Å². The number of benzene rings is 1. The van der Waals surface area contributed by atoms with Gasteiger partial charge in [-0.05, 0) is 36.0 Å². The van der Waals surface area contributed by atoms with E-state index in [1.54, 1.807) is 17.0 Å². The van der Waals surface area contributed by atoms with E-state index in [1.165, 1.54) is 0 Å². The van der Waals surface area contributed by atoms with Crippen molar-refractivity contribution in [3.8, 4) is 0 Å². The molecule has 1 unspecified atom stereocenters. The first-order valence-corrected chi connectivity index (χ1v) is 7.09. The van der Waals surface area contributed by atoms with Crippen LogP contribution in [0.1, 0.15) is 49.5 Å². The molecule has 0 aliphatic carbocycles. The maximum absolute atomic E-state index is 11.6. The molecule has 0 amide bonds. The van der Waals surface area contributed by atoms with Gasteiger partial charge in [-0.3, -0.25) is 0 Å². The van der Waals surface area contributed by atoms with Crippen molar-refractivity contribution >= 4 is 17.6 Å². The van der Waals surface area contributed by atoms with Gasteiger partial charge in [-0.15, -0.1) is 0 Å². The standard InChI is InChI=1S/C16H21NO4/c1-16(2,3)10-6-7-12(11(9-10)14(18)19)17-8-4-5-13(17)15(20)21/h6-7,9,13H,4-5,8H2,1-3H3,(H,18,19)(H,20,21). The van der Waals surface area contributed by atoms with Gasteiger partial charge in [-0.2, -0.15) is 0 Å². The third kappa shape index (κ3) is 3.01. The Hall–Kier alpha value is -2.04. The van der Waals surface area contributed by atoms with Crippen LogP contribution in [-0.4, -0.2) is 34.7 Å². The summed E-state index contributed by atoms with van der Waals surface area (Å²) in [4.78, 5) is 24.6. The van der Waals surface area contributed by atoms with Gasteiger partial charge in [0.05, 0.1) is 11.3 Å². The summed E-state index contributed by atoms with van der Waals surface area (Å²) >= 11 is 0. The molecular formula is C16H21NO4. The Balaban J connectivity index is 2.49. The third-order valence-electron chi connectivity index (χ3n) is 3.94. The minimum atomic E-state index is -1.02. The Kier molecular flexibility index (Phi) is 3.94. The second-order valence-corrected chi connectivity index (χ2v) is 6.48. The molecule has 0 spiro atoms. The number of aliphatic carboxylic acids is 1. The van der Waals surface area contributed by atoms with E-state index in [0.717, 1.165) is 12.0 Å². The van der Waals surface area contributed by atoms with Crippen molar-refractivity contribution in [3.63, 3.8) is 0 Å². The number of carboxylic acid groups (broad SMARTS) is 2. The second-order valence-electron chi connectivity index (χ2n) is 6.48. The number of carbonyl (C=O) groups is 2. The molecule has 1 atom stereocenters. The molecule has 2 rings (SSSR count). The van der Waals surface area contributed by atoms with Crippen LogP contribution in [0.2, 0.25) is 0 Å². The van der Waals surface area contributed by atoms with Crippen LogP contribution >= 0.6 is 0 Å². The van der Waals surface area contributed by atoms with Gasteiger partial charge in [0, 0.05) is 6.54 Å². The quantitative estimate of drug-likeness (QED) is 0.895. The maximum atomic E-state index is 11.6. The number of nitrogens with zero attached hydrogens (tertiary/aromatic N) is 1. The lowest BCUT2D eigenvalue weighted by atomic mass is 9.85. The van der Waals surface area contributed by atoms with Crippen LogP contribution in [0.15, 0.2) is 18.2 Å². The molecule has 0 saturated carbocycles. The highest BCUT2D eigenvalue weighted by atomic mass is 16.4. The van der Waals surface area contributed by atoms with Crippen LogP contribution < -0.4 is 4.90 Å². The summed E-state index contributed by atoms with van der Waals surface area (Å²) in [5.41, 5.74) is 1.45. The largest absolute Gasteiger partial charge is 0.480 e. The minimum Gasteiger partial charge on any atom is -0.480 e. The molecule has 0 bridgehead atoms. The molecule has 1 saturated heterocycles. The minimum absolute atomic E-state index is 0.153. The second kappa shape index (κ2) is 5.39. The van der Waals surface area contributed by atoms with Gasteiger partial charge in [0.2, 0.25) is 0 Å². The Labute approximate surface area is 124 Å². The number of aromatic carboxylic acids is 1.